The smallest absolute Gasteiger partial charge is 0.345 e. The average Bonchev–Trinajstić information content (AvgIpc) is 2.71. The van der Waals surface area contributed by atoms with Crippen molar-refractivity contribution in [2.24, 2.45) is 0 Å². The van der Waals surface area contributed by atoms with Crippen LogP contribution in [0.1, 0.15) is 15.2 Å². The summed E-state index contributed by atoms with van der Waals surface area (Å²) in [5.74, 6) is -0.875. The van der Waals surface area contributed by atoms with E-state index in [9.17, 15) is 4.79 Å². The molecule has 0 atom stereocenters. The van der Waals surface area contributed by atoms with Gasteiger partial charge in [0.1, 0.15) is 4.88 Å². The van der Waals surface area contributed by atoms with Crippen LogP contribution in [0.5, 0.6) is 0 Å². The van der Waals surface area contributed by atoms with Crippen molar-refractivity contribution in [2.75, 3.05) is 0 Å². The number of halogens is 1. The summed E-state index contributed by atoms with van der Waals surface area (Å²) in [6, 6.07) is 9.44. The van der Waals surface area contributed by atoms with Gasteiger partial charge in [0.25, 0.3) is 0 Å². The molecule has 0 spiro atoms. The standard InChI is InChI=1S/C12H9BrO2S/c1-7-3-2-4-8(11(7)13)9-5-6-10(16-9)12(14)15/h2-6H,1H3,(H,14,15). The first-order valence-electron chi connectivity index (χ1n) is 4.68. The summed E-state index contributed by atoms with van der Waals surface area (Å²) in [6.07, 6.45) is 0. The van der Waals surface area contributed by atoms with Crippen LogP contribution >= 0.6 is 27.3 Å². The molecule has 1 aromatic carbocycles. The number of rotatable bonds is 2. The van der Waals surface area contributed by atoms with Gasteiger partial charge in [-0.05, 0) is 40.5 Å². The zero-order valence-corrected chi connectivity index (χ0v) is 10.9. The van der Waals surface area contributed by atoms with E-state index in [2.05, 4.69) is 15.9 Å². The zero-order chi connectivity index (χ0) is 11.7. The molecule has 0 aliphatic heterocycles. The predicted octanol–water partition coefficient (Wildman–Crippen LogP) is 4.18. The van der Waals surface area contributed by atoms with Gasteiger partial charge in [-0.1, -0.05) is 18.2 Å². The highest BCUT2D eigenvalue weighted by atomic mass is 79.9. The third kappa shape index (κ3) is 2.03. The first kappa shape index (κ1) is 11.4. The molecule has 16 heavy (non-hydrogen) atoms. The Bertz CT molecular complexity index is 546. The van der Waals surface area contributed by atoms with E-state index in [1.165, 1.54) is 11.3 Å². The van der Waals surface area contributed by atoms with Crippen LogP contribution in [0.3, 0.4) is 0 Å². The maximum absolute atomic E-state index is 10.8. The lowest BCUT2D eigenvalue weighted by Crippen LogP contribution is -1.89. The number of carboxylic acids is 1. The molecular formula is C12H9BrO2S. The SMILES string of the molecule is Cc1cccc(-c2ccc(C(=O)O)s2)c1Br. The van der Waals surface area contributed by atoms with Gasteiger partial charge in [0.2, 0.25) is 0 Å². The van der Waals surface area contributed by atoms with Crippen molar-refractivity contribution >= 4 is 33.2 Å². The molecule has 0 amide bonds. The first-order chi connectivity index (χ1) is 7.59. The molecule has 0 radical (unpaired) electrons. The van der Waals surface area contributed by atoms with Gasteiger partial charge in [-0.15, -0.1) is 11.3 Å². The number of aryl methyl sites for hydroxylation is 1. The average molecular weight is 297 g/mol. The summed E-state index contributed by atoms with van der Waals surface area (Å²) in [5.41, 5.74) is 2.18. The molecule has 1 heterocycles. The number of carbonyl (C=O) groups is 1. The van der Waals surface area contributed by atoms with Gasteiger partial charge in [0, 0.05) is 14.9 Å². The minimum absolute atomic E-state index is 0.364. The van der Waals surface area contributed by atoms with E-state index in [-0.39, 0.29) is 0 Å². The molecule has 0 aliphatic rings. The van der Waals surface area contributed by atoms with Crippen LogP contribution in [0.15, 0.2) is 34.8 Å². The fraction of sp³-hybridized carbons (Fsp3) is 0.0833. The van der Waals surface area contributed by atoms with Gasteiger partial charge in [-0.2, -0.15) is 0 Å². The topological polar surface area (TPSA) is 37.3 Å². The Labute approximate surface area is 106 Å². The lowest BCUT2D eigenvalue weighted by molar-refractivity contribution is 0.0702. The maximum Gasteiger partial charge on any atom is 0.345 e. The van der Waals surface area contributed by atoms with Crippen LogP contribution in [0, 0.1) is 6.92 Å². The summed E-state index contributed by atoms with van der Waals surface area (Å²) >= 11 is 4.81. The normalized spacial score (nSPS) is 10.4. The van der Waals surface area contributed by atoms with Crippen LogP contribution in [-0.4, -0.2) is 11.1 Å². The van der Waals surface area contributed by atoms with E-state index in [0.29, 0.717) is 4.88 Å². The number of thiophene rings is 1. The largest absolute Gasteiger partial charge is 0.477 e. The Morgan fingerprint density at radius 3 is 2.69 bits per heavy atom. The molecule has 0 saturated heterocycles. The second-order valence-electron chi connectivity index (χ2n) is 3.41. The number of hydrogen-bond acceptors (Lipinski definition) is 2. The Morgan fingerprint density at radius 1 is 1.31 bits per heavy atom. The van der Waals surface area contributed by atoms with Crippen molar-refractivity contribution in [1.82, 2.24) is 0 Å². The van der Waals surface area contributed by atoms with Crippen LogP contribution in [0.4, 0.5) is 0 Å². The highest BCUT2D eigenvalue weighted by Crippen LogP contribution is 2.35. The predicted molar refractivity (Wildman–Crippen MR) is 69.2 cm³/mol. The third-order valence-electron chi connectivity index (χ3n) is 2.27. The van der Waals surface area contributed by atoms with Gasteiger partial charge >= 0.3 is 5.97 Å². The molecule has 2 nitrogen and oxygen atoms in total. The fourth-order valence-electron chi connectivity index (χ4n) is 1.44. The van der Waals surface area contributed by atoms with Crippen molar-refractivity contribution in [3.63, 3.8) is 0 Å². The zero-order valence-electron chi connectivity index (χ0n) is 8.53. The molecule has 2 rings (SSSR count). The molecule has 1 aromatic heterocycles. The van der Waals surface area contributed by atoms with Crippen LogP contribution in [0.2, 0.25) is 0 Å². The van der Waals surface area contributed by atoms with Gasteiger partial charge in [0.15, 0.2) is 0 Å². The van der Waals surface area contributed by atoms with Gasteiger partial charge in [-0.25, -0.2) is 4.79 Å². The van der Waals surface area contributed by atoms with Gasteiger partial charge in [-0.3, -0.25) is 0 Å². The molecule has 0 saturated carbocycles. The van der Waals surface area contributed by atoms with Crippen molar-refractivity contribution < 1.29 is 9.90 Å². The quantitative estimate of drug-likeness (QED) is 0.902. The number of carboxylic acid groups (broad SMARTS) is 1. The molecule has 1 N–H and O–H groups in total. The van der Waals surface area contributed by atoms with Crippen molar-refractivity contribution in [1.29, 1.82) is 0 Å². The Morgan fingerprint density at radius 2 is 2.06 bits per heavy atom. The van der Waals surface area contributed by atoms with Crippen molar-refractivity contribution in [3.05, 3.63) is 45.2 Å². The Balaban J connectivity index is 2.50. The van der Waals surface area contributed by atoms with Gasteiger partial charge < -0.3 is 5.11 Å². The monoisotopic (exact) mass is 296 g/mol. The summed E-state index contributed by atoms with van der Waals surface area (Å²) in [4.78, 5) is 12.1. The van der Waals surface area contributed by atoms with Crippen LogP contribution in [-0.2, 0) is 0 Å². The lowest BCUT2D eigenvalue weighted by Gasteiger charge is -2.03. The van der Waals surface area contributed by atoms with E-state index in [0.717, 1.165) is 20.5 Å². The second-order valence-corrected chi connectivity index (χ2v) is 5.28. The minimum atomic E-state index is -0.875. The minimum Gasteiger partial charge on any atom is -0.477 e. The Hall–Kier alpha value is -1.13. The van der Waals surface area contributed by atoms with E-state index in [1.54, 1.807) is 6.07 Å². The molecule has 0 aliphatic carbocycles. The molecule has 2 aromatic rings. The highest BCUT2D eigenvalue weighted by Gasteiger charge is 2.11. The third-order valence-corrected chi connectivity index (χ3v) is 4.43. The molecule has 0 unspecified atom stereocenters. The van der Waals surface area contributed by atoms with E-state index >= 15 is 0 Å². The maximum atomic E-state index is 10.8. The van der Waals surface area contributed by atoms with Crippen LogP contribution in [0.25, 0.3) is 10.4 Å². The molecular weight excluding hydrogens is 288 g/mol. The second kappa shape index (κ2) is 4.39. The molecule has 0 fully saturated rings. The lowest BCUT2D eigenvalue weighted by atomic mass is 10.1. The Kier molecular flexibility index (Phi) is 3.12. The van der Waals surface area contributed by atoms with Crippen molar-refractivity contribution in [3.8, 4) is 10.4 Å². The first-order valence-corrected chi connectivity index (χ1v) is 6.29. The molecule has 82 valence electrons. The van der Waals surface area contributed by atoms with E-state index in [1.807, 2.05) is 31.2 Å². The molecule has 0 bridgehead atoms. The fourth-order valence-corrected chi connectivity index (χ4v) is 2.92. The summed E-state index contributed by atoms with van der Waals surface area (Å²) in [5, 5.41) is 8.87. The summed E-state index contributed by atoms with van der Waals surface area (Å²) < 4.78 is 1.02. The number of aromatic carboxylic acids is 1. The summed E-state index contributed by atoms with van der Waals surface area (Å²) in [6.45, 7) is 2.01. The van der Waals surface area contributed by atoms with Crippen LogP contribution < -0.4 is 0 Å². The molecule has 4 heteroatoms. The number of benzene rings is 1. The van der Waals surface area contributed by atoms with Gasteiger partial charge in [0.05, 0.1) is 0 Å². The number of hydrogen-bond donors (Lipinski definition) is 1. The highest BCUT2D eigenvalue weighted by molar-refractivity contribution is 9.10. The van der Waals surface area contributed by atoms with Crippen molar-refractivity contribution in [2.45, 2.75) is 6.92 Å². The van der Waals surface area contributed by atoms with E-state index < -0.39 is 5.97 Å². The summed E-state index contributed by atoms with van der Waals surface area (Å²) in [7, 11) is 0. The van der Waals surface area contributed by atoms with E-state index in [4.69, 9.17) is 5.11 Å².